The molecular weight excluding hydrogens is 399 g/mol. The molecule has 1 aromatic carbocycles. The Bertz CT molecular complexity index is 658. The zero-order valence-corrected chi connectivity index (χ0v) is 18.3. The maximum Gasteiger partial charge on any atom is 0.416 e. The van der Waals surface area contributed by atoms with E-state index in [1.54, 1.807) is 13.1 Å². The fraction of sp³-hybridized carbons (Fsp3) is 0.650. The van der Waals surface area contributed by atoms with Gasteiger partial charge in [0.15, 0.2) is 5.96 Å². The van der Waals surface area contributed by atoms with E-state index in [9.17, 15) is 13.2 Å². The van der Waals surface area contributed by atoms with Gasteiger partial charge in [-0.05, 0) is 55.7 Å². The summed E-state index contributed by atoms with van der Waals surface area (Å²) in [5.74, 6) is 1.72. The van der Waals surface area contributed by atoms with Crippen molar-refractivity contribution in [2.24, 2.45) is 4.99 Å². The summed E-state index contributed by atoms with van der Waals surface area (Å²) in [6.07, 6.45) is -0.127. The average molecular weight is 432 g/mol. The predicted octanol–water partition coefficient (Wildman–Crippen LogP) is 3.27. The molecule has 2 rings (SSSR count). The second-order valence-corrected chi connectivity index (χ2v) is 8.17. The Morgan fingerprint density at radius 2 is 1.86 bits per heavy atom. The lowest BCUT2D eigenvalue weighted by atomic mass is 10.1. The highest BCUT2D eigenvalue weighted by atomic mass is 32.2. The maximum atomic E-state index is 13.2. The minimum Gasteiger partial charge on any atom is -0.369 e. The first-order valence-corrected chi connectivity index (χ1v) is 11.3. The van der Waals surface area contributed by atoms with E-state index in [1.807, 2.05) is 11.8 Å². The lowest BCUT2D eigenvalue weighted by Crippen LogP contribution is -2.45. The molecule has 1 fully saturated rings. The summed E-state index contributed by atoms with van der Waals surface area (Å²) < 4.78 is 39.7. The first-order valence-electron chi connectivity index (χ1n) is 9.92. The van der Waals surface area contributed by atoms with Crippen molar-refractivity contribution in [2.45, 2.75) is 25.6 Å². The van der Waals surface area contributed by atoms with Gasteiger partial charge in [-0.25, -0.2) is 0 Å². The van der Waals surface area contributed by atoms with Crippen LogP contribution in [0.3, 0.4) is 0 Å². The molecule has 0 atom stereocenters. The Balaban J connectivity index is 2.07. The molecule has 164 valence electrons. The highest BCUT2D eigenvalue weighted by Crippen LogP contribution is 2.33. The van der Waals surface area contributed by atoms with Crippen LogP contribution in [0, 0.1) is 0 Å². The van der Waals surface area contributed by atoms with Gasteiger partial charge in [0.2, 0.25) is 0 Å². The summed E-state index contributed by atoms with van der Waals surface area (Å²) in [6.45, 7) is 4.47. The van der Waals surface area contributed by atoms with Gasteiger partial charge in [-0.1, -0.05) is 0 Å². The van der Waals surface area contributed by atoms with Crippen molar-refractivity contribution in [1.29, 1.82) is 0 Å². The van der Waals surface area contributed by atoms with Gasteiger partial charge < -0.3 is 20.4 Å². The quantitative estimate of drug-likeness (QED) is 0.376. The van der Waals surface area contributed by atoms with Crippen LogP contribution in [-0.2, 0) is 12.7 Å². The Labute approximate surface area is 176 Å². The number of hydrogen-bond acceptors (Lipinski definition) is 4. The number of benzene rings is 1. The molecule has 0 bridgehead atoms. The number of aliphatic imine (C=N–C) groups is 1. The van der Waals surface area contributed by atoms with E-state index < -0.39 is 11.7 Å². The van der Waals surface area contributed by atoms with Crippen LogP contribution in [0.5, 0.6) is 0 Å². The van der Waals surface area contributed by atoms with E-state index in [0.29, 0.717) is 11.5 Å². The summed E-state index contributed by atoms with van der Waals surface area (Å²) in [5.41, 5.74) is 0.871. The highest BCUT2D eigenvalue weighted by Gasteiger charge is 2.31. The summed E-state index contributed by atoms with van der Waals surface area (Å²) in [5, 5.41) is 6.41. The number of nitrogens with one attached hydrogen (secondary N) is 2. The van der Waals surface area contributed by atoms with Crippen LogP contribution in [0.25, 0.3) is 0 Å². The number of hydrogen-bond donors (Lipinski definition) is 2. The van der Waals surface area contributed by atoms with Gasteiger partial charge >= 0.3 is 6.18 Å². The fourth-order valence-electron chi connectivity index (χ4n) is 3.24. The molecule has 0 unspecified atom stereocenters. The van der Waals surface area contributed by atoms with E-state index in [-0.39, 0.29) is 6.54 Å². The lowest BCUT2D eigenvalue weighted by Gasteiger charge is -2.35. The standard InChI is InChI=1S/C20H32F3N5S/c1-24-19(25-8-4-5-13-29-3)26-15-16-14-17(20(21,22)23)6-7-18(16)28-11-9-27(2)10-12-28/h6-7,14H,4-5,8-13,15H2,1-3H3,(H2,24,25,26). The Morgan fingerprint density at radius 3 is 2.48 bits per heavy atom. The highest BCUT2D eigenvalue weighted by molar-refractivity contribution is 7.98. The second kappa shape index (κ2) is 11.5. The van der Waals surface area contributed by atoms with E-state index >= 15 is 0 Å². The smallest absolute Gasteiger partial charge is 0.369 e. The number of rotatable bonds is 8. The molecule has 1 aliphatic heterocycles. The van der Waals surface area contributed by atoms with Gasteiger partial charge in [-0.2, -0.15) is 24.9 Å². The number of anilines is 1. The molecule has 0 radical (unpaired) electrons. The second-order valence-electron chi connectivity index (χ2n) is 7.18. The molecule has 1 saturated heterocycles. The van der Waals surface area contributed by atoms with Crippen LogP contribution >= 0.6 is 11.8 Å². The molecule has 2 N–H and O–H groups in total. The molecule has 0 spiro atoms. The molecule has 0 saturated carbocycles. The zero-order valence-electron chi connectivity index (χ0n) is 17.5. The van der Waals surface area contributed by atoms with Gasteiger partial charge in [-0.3, -0.25) is 4.99 Å². The first-order chi connectivity index (χ1) is 13.8. The molecule has 0 aromatic heterocycles. The summed E-state index contributed by atoms with van der Waals surface area (Å²) >= 11 is 1.82. The molecule has 1 aliphatic rings. The predicted molar refractivity (Wildman–Crippen MR) is 117 cm³/mol. The molecule has 0 aliphatic carbocycles. The number of alkyl halides is 3. The topological polar surface area (TPSA) is 42.9 Å². The molecule has 1 aromatic rings. The fourth-order valence-corrected chi connectivity index (χ4v) is 3.73. The molecule has 29 heavy (non-hydrogen) atoms. The van der Waals surface area contributed by atoms with E-state index in [0.717, 1.165) is 57.0 Å². The minimum atomic E-state index is -4.35. The largest absolute Gasteiger partial charge is 0.416 e. The Hall–Kier alpha value is -1.61. The van der Waals surface area contributed by atoms with Gasteiger partial charge in [0, 0.05) is 52.0 Å². The van der Waals surface area contributed by atoms with Crippen molar-refractivity contribution in [3.63, 3.8) is 0 Å². The third kappa shape index (κ3) is 7.62. The molecule has 0 amide bonds. The molecule has 1 heterocycles. The summed E-state index contributed by atoms with van der Waals surface area (Å²) in [7, 11) is 3.73. The summed E-state index contributed by atoms with van der Waals surface area (Å²) in [6, 6.07) is 4.03. The normalized spacial score (nSPS) is 16.2. The number of thioether (sulfide) groups is 1. The number of unbranched alkanes of at least 4 members (excludes halogenated alkanes) is 1. The average Bonchev–Trinajstić information content (AvgIpc) is 2.70. The van der Waals surface area contributed by atoms with Gasteiger partial charge in [0.1, 0.15) is 0 Å². The maximum absolute atomic E-state index is 13.2. The first kappa shape index (κ1) is 23.7. The summed E-state index contributed by atoms with van der Waals surface area (Å²) in [4.78, 5) is 8.58. The van der Waals surface area contributed by atoms with E-state index in [4.69, 9.17) is 0 Å². The third-order valence-electron chi connectivity index (χ3n) is 4.99. The third-order valence-corrected chi connectivity index (χ3v) is 5.69. The minimum absolute atomic E-state index is 0.288. The van der Waals surface area contributed by atoms with Crippen molar-refractivity contribution in [2.75, 3.05) is 63.7 Å². The van der Waals surface area contributed by atoms with Crippen LogP contribution in [0.4, 0.5) is 18.9 Å². The number of guanidine groups is 1. The van der Waals surface area contributed by atoms with Crippen LogP contribution in [-0.4, -0.2) is 69.7 Å². The van der Waals surface area contributed by atoms with Crippen molar-refractivity contribution in [3.05, 3.63) is 29.3 Å². The van der Waals surface area contributed by atoms with E-state index in [2.05, 4.69) is 38.7 Å². The van der Waals surface area contributed by atoms with Crippen molar-refractivity contribution in [1.82, 2.24) is 15.5 Å². The van der Waals surface area contributed by atoms with Gasteiger partial charge in [0.05, 0.1) is 5.56 Å². The Kier molecular flexibility index (Phi) is 9.42. The van der Waals surface area contributed by atoms with Crippen LogP contribution in [0.1, 0.15) is 24.0 Å². The number of piperazine rings is 1. The van der Waals surface area contributed by atoms with Gasteiger partial charge in [0.25, 0.3) is 0 Å². The number of likely N-dealkylation sites (N-methyl/N-ethyl adjacent to an activating group) is 1. The number of nitrogens with zero attached hydrogens (tertiary/aromatic N) is 3. The monoisotopic (exact) mass is 431 g/mol. The lowest BCUT2D eigenvalue weighted by molar-refractivity contribution is -0.137. The van der Waals surface area contributed by atoms with E-state index in [1.165, 1.54) is 12.1 Å². The SMILES string of the molecule is CN=C(NCCCCSC)NCc1cc(C(F)(F)F)ccc1N1CCN(C)CC1. The van der Waals surface area contributed by atoms with Crippen LogP contribution < -0.4 is 15.5 Å². The molecule has 5 nitrogen and oxygen atoms in total. The zero-order chi connectivity index (χ0) is 21.3. The van der Waals surface area contributed by atoms with Crippen molar-refractivity contribution in [3.8, 4) is 0 Å². The Morgan fingerprint density at radius 1 is 1.14 bits per heavy atom. The van der Waals surface area contributed by atoms with Crippen LogP contribution in [0.15, 0.2) is 23.2 Å². The molecular formula is C20H32F3N5S. The van der Waals surface area contributed by atoms with Crippen LogP contribution in [0.2, 0.25) is 0 Å². The van der Waals surface area contributed by atoms with Crippen molar-refractivity contribution < 1.29 is 13.2 Å². The molecule has 9 heteroatoms. The van der Waals surface area contributed by atoms with Gasteiger partial charge in [-0.15, -0.1) is 0 Å². The van der Waals surface area contributed by atoms with Crippen molar-refractivity contribution >= 4 is 23.4 Å². The number of halogens is 3.